The summed E-state index contributed by atoms with van der Waals surface area (Å²) in [4.78, 5) is 18.0. The van der Waals surface area contributed by atoms with Gasteiger partial charge in [0.15, 0.2) is 0 Å². The Labute approximate surface area is 93.4 Å². The van der Waals surface area contributed by atoms with Crippen molar-refractivity contribution < 1.29 is 0 Å². The Morgan fingerprint density at radius 1 is 1.31 bits per heavy atom. The number of aromatic nitrogens is 2. The number of hydrogen-bond donors (Lipinski definition) is 2. The fourth-order valence-electron chi connectivity index (χ4n) is 1.46. The summed E-state index contributed by atoms with van der Waals surface area (Å²) in [7, 11) is 0. The highest BCUT2D eigenvalue weighted by Gasteiger charge is 1.97. The van der Waals surface area contributed by atoms with Gasteiger partial charge in [-0.15, -0.1) is 0 Å². The molecule has 16 heavy (non-hydrogen) atoms. The van der Waals surface area contributed by atoms with Crippen LogP contribution in [0.3, 0.4) is 0 Å². The van der Waals surface area contributed by atoms with Gasteiger partial charge in [-0.1, -0.05) is 30.3 Å². The van der Waals surface area contributed by atoms with Crippen LogP contribution in [0.25, 0.3) is 0 Å². The predicted octanol–water partition coefficient (Wildman–Crippen LogP) is 1.69. The van der Waals surface area contributed by atoms with Gasteiger partial charge in [-0.25, -0.2) is 4.98 Å². The molecular weight excluding hydrogens is 202 g/mol. The van der Waals surface area contributed by atoms with Gasteiger partial charge in [0.25, 0.3) is 5.56 Å². The zero-order valence-electron chi connectivity index (χ0n) is 9.03. The Balaban J connectivity index is 2.08. The van der Waals surface area contributed by atoms with Crippen LogP contribution in [0.15, 0.2) is 41.2 Å². The molecule has 1 aromatic heterocycles. The topological polar surface area (TPSA) is 57.8 Å². The van der Waals surface area contributed by atoms with E-state index < -0.39 is 0 Å². The van der Waals surface area contributed by atoms with Crippen molar-refractivity contribution in [2.24, 2.45) is 0 Å². The zero-order valence-corrected chi connectivity index (χ0v) is 9.03. The van der Waals surface area contributed by atoms with Crippen molar-refractivity contribution in [3.05, 3.63) is 58.1 Å². The van der Waals surface area contributed by atoms with E-state index in [4.69, 9.17) is 0 Å². The largest absolute Gasteiger partial charge is 0.366 e. The molecule has 0 fully saturated rings. The van der Waals surface area contributed by atoms with Crippen molar-refractivity contribution in [2.45, 2.75) is 13.5 Å². The molecule has 0 bridgehead atoms. The van der Waals surface area contributed by atoms with Gasteiger partial charge in [-0.3, -0.25) is 4.79 Å². The van der Waals surface area contributed by atoms with Gasteiger partial charge in [-0.2, -0.15) is 0 Å². The van der Waals surface area contributed by atoms with Gasteiger partial charge >= 0.3 is 0 Å². The Morgan fingerprint density at radius 2 is 2.06 bits per heavy atom. The van der Waals surface area contributed by atoms with Gasteiger partial charge in [-0.05, 0) is 12.5 Å². The minimum absolute atomic E-state index is 0.136. The zero-order chi connectivity index (χ0) is 11.4. The van der Waals surface area contributed by atoms with E-state index in [9.17, 15) is 4.79 Å². The average Bonchev–Trinajstić information content (AvgIpc) is 2.27. The molecular formula is C12H13N3O. The molecule has 2 aromatic rings. The lowest BCUT2D eigenvalue weighted by Crippen LogP contribution is -2.11. The molecule has 0 aliphatic rings. The third-order valence-corrected chi connectivity index (χ3v) is 2.18. The number of benzene rings is 1. The van der Waals surface area contributed by atoms with E-state index >= 15 is 0 Å². The number of aryl methyl sites for hydroxylation is 1. The maximum absolute atomic E-state index is 11.2. The highest BCUT2D eigenvalue weighted by molar-refractivity contribution is 5.34. The van der Waals surface area contributed by atoms with Crippen LogP contribution in [0.4, 0.5) is 5.82 Å². The van der Waals surface area contributed by atoms with E-state index in [1.165, 1.54) is 6.07 Å². The molecule has 0 saturated carbocycles. The highest BCUT2D eigenvalue weighted by Crippen LogP contribution is 2.03. The highest BCUT2D eigenvalue weighted by atomic mass is 16.1. The maximum Gasteiger partial charge on any atom is 0.252 e. The first-order chi connectivity index (χ1) is 7.74. The second-order valence-corrected chi connectivity index (χ2v) is 3.56. The van der Waals surface area contributed by atoms with Crippen LogP contribution in [0.5, 0.6) is 0 Å². The number of nitrogens with zero attached hydrogens (tertiary/aromatic N) is 1. The van der Waals surface area contributed by atoms with Crippen LogP contribution in [0.2, 0.25) is 0 Å². The van der Waals surface area contributed by atoms with Crippen LogP contribution in [0.1, 0.15) is 11.4 Å². The number of hydrogen-bond acceptors (Lipinski definition) is 3. The summed E-state index contributed by atoms with van der Waals surface area (Å²) >= 11 is 0. The summed E-state index contributed by atoms with van der Waals surface area (Å²) < 4.78 is 0. The molecule has 0 atom stereocenters. The molecule has 2 rings (SSSR count). The minimum Gasteiger partial charge on any atom is -0.366 e. The first-order valence-electron chi connectivity index (χ1n) is 5.10. The molecule has 2 N–H and O–H groups in total. The van der Waals surface area contributed by atoms with E-state index in [2.05, 4.69) is 15.3 Å². The first kappa shape index (κ1) is 10.4. The quantitative estimate of drug-likeness (QED) is 0.819. The Bertz CT molecular complexity index is 519. The number of anilines is 1. The second-order valence-electron chi connectivity index (χ2n) is 3.56. The number of H-pyrrole nitrogens is 1. The van der Waals surface area contributed by atoms with Crippen molar-refractivity contribution in [1.29, 1.82) is 0 Å². The van der Waals surface area contributed by atoms with E-state index in [0.717, 1.165) is 5.56 Å². The standard InChI is InChI=1S/C12H13N3O/c1-9-14-11(7-12(16)15-9)13-8-10-5-3-2-4-6-10/h2-7H,8H2,1H3,(H2,13,14,15,16). The van der Waals surface area contributed by atoms with E-state index in [1.54, 1.807) is 6.92 Å². The van der Waals surface area contributed by atoms with E-state index in [1.807, 2.05) is 30.3 Å². The molecule has 0 aliphatic heterocycles. The summed E-state index contributed by atoms with van der Waals surface area (Å²) in [5.74, 6) is 1.22. The molecule has 0 amide bonds. The third-order valence-electron chi connectivity index (χ3n) is 2.18. The Kier molecular flexibility index (Phi) is 3.00. The van der Waals surface area contributed by atoms with Gasteiger partial charge in [0.1, 0.15) is 11.6 Å². The lowest BCUT2D eigenvalue weighted by atomic mass is 10.2. The lowest BCUT2D eigenvalue weighted by molar-refractivity contribution is 0.997. The van der Waals surface area contributed by atoms with Gasteiger partial charge < -0.3 is 10.3 Å². The van der Waals surface area contributed by atoms with Crippen LogP contribution in [-0.4, -0.2) is 9.97 Å². The number of aromatic amines is 1. The molecule has 0 spiro atoms. The summed E-state index contributed by atoms with van der Waals surface area (Å²) in [5.41, 5.74) is 1.02. The molecule has 0 aliphatic carbocycles. The lowest BCUT2D eigenvalue weighted by Gasteiger charge is -2.05. The second kappa shape index (κ2) is 4.61. The van der Waals surface area contributed by atoms with Crippen LogP contribution in [0, 0.1) is 6.92 Å². The van der Waals surface area contributed by atoms with Gasteiger partial charge in [0.05, 0.1) is 0 Å². The molecule has 1 heterocycles. The van der Waals surface area contributed by atoms with Crippen molar-refractivity contribution in [3.8, 4) is 0 Å². The first-order valence-corrected chi connectivity index (χ1v) is 5.10. The monoisotopic (exact) mass is 215 g/mol. The summed E-state index contributed by atoms with van der Waals surface area (Å²) in [5, 5.41) is 3.11. The number of rotatable bonds is 3. The van der Waals surface area contributed by atoms with Gasteiger partial charge in [0, 0.05) is 12.6 Å². The average molecular weight is 215 g/mol. The van der Waals surface area contributed by atoms with E-state index in [0.29, 0.717) is 18.2 Å². The van der Waals surface area contributed by atoms with Crippen molar-refractivity contribution in [1.82, 2.24) is 9.97 Å². The van der Waals surface area contributed by atoms with Crippen molar-refractivity contribution in [2.75, 3.05) is 5.32 Å². The molecule has 4 nitrogen and oxygen atoms in total. The third kappa shape index (κ3) is 2.70. The molecule has 0 radical (unpaired) electrons. The molecule has 0 unspecified atom stereocenters. The molecule has 0 saturated heterocycles. The Hall–Kier alpha value is -2.10. The smallest absolute Gasteiger partial charge is 0.252 e. The van der Waals surface area contributed by atoms with Crippen LogP contribution >= 0.6 is 0 Å². The van der Waals surface area contributed by atoms with Crippen LogP contribution in [-0.2, 0) is 6.54 Å². The summed E-state index contributed by atoms with van der Waals surface area (Å²) in [6.45, 7) is 2.42. The number of nitrogens with one attached hydrogen (secondary N) is 2. The van der Waals surface area contributed by atoms with E-state index in [-0.39, 0.29) is 5.56 Å². The maximum atomic E-state index is 11.2. The molecule has 82 valence electrons. The normalized spacial score (nSPS) is 10.1. The molecule has 4 heteroatoms. The van der Waals surface area contributed by atoms with Crippen molar-refractivity contribution >= 4 is 5.82 Å². The summed E-state index contributed by atoms with van der Waals surface area (Å²) in [6, 6.07) is 11.4. The fraction of sp³-hybridized carbons (Fsp3) is 0.167. The SMILES string of the molecule is Cc1nc(NCc2ccccc2)cc(=O)[nH]1. The minimum atomic E-state index is -0.136. The fourth-order valence-corrected chi connectivity index (χ4v) is 1.46. The predicted molar refractivity (Wildman–Crippen MR) is 63.4 cm³/mol. The van der Waals surface area contributed by atoms with Crippen LogP contribution < -0.4 is 10.9 Å². The Morgan fingerprint density at radius 3 is 2.75 bits per heavy atom. The van der Waals surface area contributed by atoms with Gasteiger partial charge in [0.2, 0.25) is 0 Å². The summed E-state index contributed by atoms with van der Waals surface area (Å²) in [6.07, 6.45) is 0. The molecule has 1 aromatic carbocycles. The van der Waals surface area contributed by atoms with Crippen molar-refractivity contribution in [3.63, 3.8) is 0 Å².